The first-order chi connectivity index (χ1) is 10.7. The Balaban J connectivity index is 2.31. The van der Waals surface area contributed by atoms with Crippen LogP contribution in [0.2, 0.25) is 5.02 Å². The summed E-state index contributed by atoms with van der Waals surface area (Å²) in [5, 5.41) is 10.7. The molecule has 0 aliphatic heterocycles. The van der Waals surface area contributed by atoms with Crippen molar-refractivity contribution in [1.82, 2.24) is 0 Å². The number of nitro groups is 1. The summed E-state index contributed by atoms with van der Waals surface area (Å²) in [5.41, 5.74) is -0.493. The second-order valence-electron chi connectivity index (χ2n) is 4.43. The molecule has 2 aromatic rings. The van der Waals surface area contributed by atoms with Gasteiger partial charge in [-0.15, -0.1) is 0 Å². The molecule has 0 aromatic heterocycles. The third kappa shape index (κ3) is 4.25. The van der Waals surface area contributed by atoms with Crippen molar-refractivity contribution < 1.29 is 22.8 Å². The highest BCUT2D eigenvalue weighted by molar-refractivity contribution is 14.1. The van der Waals surface area contributed by atoms with Gasteiger partial charge in [0.1, 0.15) is 11.5 Å². The maximum atomic E-state index is 12.6. The fourth-order valence-electron chi connectivity index (χ4n) is 1.80. The first kappa shape index (κ1) is 17.8. The van der Waals surface area contributed by atoms with Gasteiger partial charge in [0.25, 0.3) is 5.69 Å². The first-order valence-corrected chi connectivity index (χ1v) is 8.00. The van der Waals surface area contributed by atoms with Crippen molar-refractivity contribution in [3.63, 3.8) is 0 Å². The molecule has 0 fully saturated rings. The summed E-state index contributed by atoms with van der Waals surface area (Å²) in [6.07, 6.45) is -4.50. The van der Waals surface area contributed by atoms with Crippen LogP contribution in [0.5, 0.6) is 11.5 Å². The lowest BCUT2D eigenvalue weighted by atomic mass is 10.2. The van der Waals surface area contributed by atoms with Crippen LogP contribution in [0.4, 0.5) is 18.9 Å². The molecule has 0 aliphatic rings. The van der Waals surface area contributed by atoms with E-state index in [1.54, 1.807) is 0 Å². The Bertz CT molecular complexity index is 753. The van der Waals surface area contributed by atoms with Gasteiger partial charge in [0.2, 0.25) is 0 Å². The van der Waals surface area contributed by atoms with Gasteiger partial charge in [0, 0.05) is 16.1 Å². The van der Waals surface area contributed by atoms with E-state index in [4.69, 9.17) is 16.3 Å². The molecule has 0 unspecified atom stereocenters. The third-order valence-corrected chi connectivity index (χ3v) is 4.00. The number of benzene rings is 2. The second kappa shape index (κ2) is 6.91. The summed E-state index contributed by atoms with van der Waals surface area (Å²) in [6, 6.07) is 6.82. The molecule has 0 heterocycles. The Hall–Kier alpha value is -1.55. The van der Waals surface area contributed by atoms with Crippen LogP contribution in [0.25, 0.3) is 0 Å². The van der Waals surface area contributed by atoms with Crippen LogP contribution in [0, 0.1) is 10.1 Å². The average molecular weight is 458 g/mol. The van der Waals surface area contributed by atoms with Crippen LogP contribution < -0.4 is 4.74 Å². The van der Waals surface area contributed by atoms with Gasteiger partial charge >= 0.3 is 6.18 Å². The van der Waals surface area contributed by atoms with Crippen molar-refractivity contribution >= 4 is 39.9 Å². The van der Waals surface area contributed by atoms with Crippen LogP contribution in [0.1, 0.15) is 11.1 Å². The maximum Gasteiger partial charge on any atom is 0.416 e. The van der Waals surface area contributed by atoms with Crippen molar-refractivity contribution in [2.45, 2.75) is 10.6 Å². The van der Waals surface area contributed by atoms with Gasteiger partial charge in [-0.25, -0.2) is 0 Å². The smallest absolute Gasteiger partial charge is 0.416 e. The molecule has 4 nitrogen and oxygen atoms in total. The molecule has 0 radical (unpaired) electrons. The van der Waals surface area contributed by atoms with Gasteiger partial charge in [-0.2, -0.15) is 13.2 Å². The molecule has 2 aromatic carbocycles. The maximum absolute atomic E-state index is 12.6. The predicted molar refractivity (Wildman–Crippen MR) is 87.3 cm³/mol. The van der Waals surface area contributed by atoms with Crippen LogP contribution in [0.15, 0.2) is 36.4 Å². The highest BCUT2D eigenvalue weighted by Gasteiger charge is 2.31. The standard InChI is InChI=1S/C14H8ClF3INO3/c15-11-6-9(14(16,17)18)1-4-13(11)23-10-2-3-12(20(21)22)8(5-10)7-19/h1-6H,7H2. The number of rotatable bonds is 4. The molecule has 0 N–H and O–H groups in total. The van der Waals surface area contributed by atoms with E-state index in [-0.39, 0.29) is 22.2 Å². The number of hydrogen-bond acceptors (Lipinski definition) is 3. The van der Waals surface area contributed by atoms with Gasteiger partial charge < -0.3 is 4.74 Å². The highest BCUT2D eigenvalue weighted by atomic mass is 127. The number of halogens is 5. The van der Waals surface area contributed by atoms with Crippen molar-refractivity contribution in [2.75, 3.05) is 0 Å². The largest absolute Gasteiger partial charge is 0.456 e. The van der Waals surface area contributed by atoms with Crippen molar-refractivity contribution in [2.24, 2.45) is 0 Å². The topological polar surface area (TPSA) is 52.4 Å². The normalized spacial score (nSPS) is 11.3. The SMILES string of the molecule is O=[N+]([O-])c1ccc(Oc2ccc(C(F)(F)F)cc2Cl)cc1CI. The van der Waals surface area contributed by atoms with Gasteiger partial charge in [-0.05, 0) is 30.3 Å². The summed E-state index contributed by atoms with van der Waals surface area (Å²) in [7, 11) is 0. The lowest BCUT2D eigenvalue weighted by Crippen LogP contribution is -2.04. The molecule has 0 bridgehead atoms. The Labute approximate surface area is 147 Å². The van der Waals surface area contributed by atoms with Crippen LogP contribution in [-0.4, -0.2) is 4.92 Å². The molecule has 0 atom stereocenters. The molecule has 0 spiro atoms. The predicted octanol–water partition coefficient (Wildman–Crippen LogP) is 5.99. The molecule has 122 valence electrons. The van der Waals surface area contributed by atoms with Crippen LogP contribution >= 0.6 is 34.2 Å². The minimum Gasteiger partial charge on any atom is -0.456 e. The fraction of sp³-hybridized carbons (Fsp3) is 0.143. The molecular weight excluding hydrogens is 450 g/mol. The minimum atomic E-state index is -4.50. The molecular formula is C14H8ClF3INO3. The van der Waals surface area contributed by atoms with E-state index in [9.17, 15) is 23.3 Å². The van der Waals surface area contributed by atoms with Crippen molar-refractivity contribution in [3.05, 3.63) is 62.7 Å². The summed E-state index contributed by atoms with van der Waals surface area (Å²) in [4.78, 5) is 10.4. The lowest BCUT2D eigenvalue weighted by Gasteiger charge is -2.11. The quantitative estimate of drug-likeness (QED) is 0.245. The van der Waals surface area contributed by atoms with Crippen molar-refractivity contribution in [1.29, 1.82) is 0 Å². The second-order valence-corrected chi connectivity index (χ2v) is 5.60. The Kier molecular flexibility index (Phi) is 5.35. The number of alkyl halides is 4. The monoisotopic (exact) mass is 457 g/mol. The molecule has 9 heteroatoms. The van der Waals surface area contributed by atoms with E-state index in [1.165, 1.54) is 18.2 Å². The van der Waals surface area contributed by atoms with E-state index in [0.29, 0.717) is 9.99 Å². The van der Waals surface area contributed by atoms with Crippen LogP contribution in [-0.2, 0) is 10.6 Å². The zero-order valence-corrected chi connectivity index (χ0v) is 14.1. The summed E-state index contributed by atoms with van der Waals surface area (Å²) in [5.74, 6) is 0.289. The first-order valence-electron chi connectivity index (χ1n) is 6.10. The molecule has 0 amide bonds. The van der Waals surface area contributed by atoms with Crippen molar-refractivity contribution in [3.8, 4) is 11.5 Å². The van der Waals surface area contributed by atoms with Gasteiger partial charge in [-0.1, -0.05) is 34.2 Å². The zero-order chi connectivity index (χ0) is 17.2. The summed E-state index contributed by atoms with van der Waals surface area (Å²) < 4.78 is 43.6. The Morgan fingerprint density at radius 3 is 2.43 bits per heavy atom. The van der Waals surface area contributed by atoms with E-state index in [1.807, 2.05) is 22.6 Å². The summed E-state index contributed by atoms with van der Waals surface area (Å²) in [6.45, 7) is 0. The van der Waals surface area contributed by atoms with E-state index < -0.39 is 16.7 Å². The van der Waals surface area contributed by atoms with E-state index in [2.05, 4.69) is 0 Å². The van der Waals surface area contributed by atoms with Gasteiger partial charge in [0.15, 0.2) is 0 Å². The molecule has 0 saturated carbocycles. The molecule has 0 saturated heterocycles. The van der Waals surface area contributed by atoms with Crippen LogP contribution in [0.3, 0.4) is 0 Å². The number of nitrogens with zero attached hydrogens (tertiary/aromatic N) is 1. The van der Waals surface area contributed by atoms with Gasteiger partial charge in [-0.3, -0.25) is 10.1 Å². The Morgan fingerprint density at radius 2 is 1.91 bits per heavy atom. The fourth-order valence-corrected chi connectivity index (χ4v) is 2.63. The summed E-state index contributed by atoms with van der Waals surface area (Å²) >= 11 is 7.77. The lowest BCUT2D eigenvalue weighted by molar-refractivity contribution is -0.385. The molecule has 2 rings (SSSR count). The van der Waals surface area contributed by atoms with E-state index >= 15 is 0 Å². The molecule has 23 heavy (non-hydrogen) atoms. The number of hydrogen-bond donors (Lipinski definition) is 0. The Morgan fingerprint density at radius 1 is 1.22 bits per heavy atom. The average Bonchev–Trinajstić information content (AvgIpc) is 2.47. The number of nitro benzene ring substituents is 1. The third-order valence-electron chi connectivity index (χ3n) is 2.88. The highest BCUT2D eigenvalue weighted by Crippen LogP contribution is 2.37. The van der Waals surface area contributed by atoms with Gasteiger partial charge in [0.05, 0.1) is 15.5 Å². The van der Waals surface area contributed by atoms with E-state index in [0.717, 1.165) is 18.2 Å². The minimum absolute atomic E-state index is 0.0351. The zero-order valence-electron chi connectivity index (χ0n) is 11.2. The molecule has 0 aliphatic carbocycles. The number of ether oxygens (including phenoxy) is 1.